The molecule has 11 heteroatoms. The largest absolute Gasteiger partial charge is 0.383 e. The second kappa shape index (κ2) is 8.10. The maximum Gasteiger partial charge on any atom is 0.248 e. The first kappa shape index (κ1) is 21.3. The van der Waals surface area contributed by atoms with E-state index < -0.39 is 11.7 Å². The molecule has 0 bridgehead atoms. The SMILES string of the molecule is Cc1cc(C(N)=O)cc(F)c1-c1cc2cc(Nc3cc4n(n3)CC(=O)NCC4)ncc2c(N)n1. The molecule has 0 unspecified atom stereocenters. The molecule has 4 aromatic rings. The van der Waals surface area contributed by atoms with Gasteiger partial charge < -0.3 is 22.1 Å². The van der Waals surface area contributed by atoms with Crippen molar-refractivity contribution in [3.8, 4) is 11.3 Å². The second-order valence-electron chi connectivity index (χ2n) is 8.10. The minimum atomic E-state index is -0.710. The fraction of sp³-hybridized carbons (Fsp3) is 0.174. The van der Waals surface area contributed by atoms with Crippen LogP contribution >= 0.6 is 0 Å². The first-order valence-corrected chi connectivity index (χ1v) is 10.6. The number of aromatic nitrogens is 4. The Morgan fingerprint density at radius 3 is 2.79 bits per heavy atom. The van der Waals surface area contributed by atoms with Crippen LogP contribution in [0.25, 0.3) is 22.0 Å². The summed E-state index contributed by atoms with van der Waals surface area (Å²) in [5.41, 5.74) is 13.5. The highest BCUT2D eigenvalue weighted by Gasteiger charge is 2.18. The van der Waals surface area contributed by atoms with Gasteiger partial charge in [-0.3, -0.25) is 14.3 Å². The summed E-state index contributed by atoms with van der Waals surface area (Å²) in [5.74, 6) is -0.150. The van der Waals surface area contributed by atoms with E-state index in [0.29, 0.717) is 46.6 Å². The summed E-state index contributed by atoms with van der Waals surface area (Å²) >= 11 is 0. The Bertz CT molecular complexity index is 1460. The van der Waals surface area contributed by atoms with Crippen molar-refractivity contribution < 1.29 is 14.0 Å². The van der Waals surface area contributed by atoms with Gasteiger partial charge in [-0.15, -0.1) is 0 Å². The van der Waals surface area contributed by atoms with Crippen LogP contribution in [0, 0.1) is 12.7 Å². The molecule has 4 heterocycles. The van der Waals surface area contributed by atoms with Crippen LogP contribution in [-0.4, -0.2) is 38.1 Å². The van der Waals surface area contributed by atoms with Crippen molar-refractivity contribution in [2.75, 3.05) is 17.6 Å². The number of nitrogen functional groups attached to an aromatic ring is 1. The maximum atomic E-state index is 14.9. The molecule has 2 amide bonds. The van der Waals surface area contributed by atoms with Crippen LogP contribution in [0.5, 0.6) is 0 Å². The lowest BCUT2D eigenvalue weighted by Gasteiger charge is -2.12. The van der Waals surface area contributed by atoms with E-state index in [-0.39, 0.29) is 29.4 Å². The number of carbonyl (C=O) groups is 2. The Kier molecular flexibility index (Phi) is 5.08. The molecule has 5 rings (SSSR count). The predicted molar refractivity (Wildman–Crippen MR) is 125 cm³/mol. The number of nitrogens with one attached hydrogen (secondary N) is 2. The van der Waals surface area contributed by atoms with E-state index in [1.165, 1.54) is 6.07 Å². The molecule has 0 radical (unpaired) electrons. The molecule has 0 atom stereocenters. The zero-order valence-electron chi connectivity index (χ0n) is 18.2. The highest BCUT2D eigenvalue weighted by atomic mass is 19.1. The smallest absolute Gasteiger partial charge is 0.248 e. The number of nitrogens with two attached hydrogens (primary N) is 2. The van der Waals surface area contributed by atoms with Gasteiger partial charge in [0.25, 0.3) is 0 Å². The van der Waals surface area contributed by atoms with Crippen molar-refractivity contribution in [1.29, 1.82) is 0 Å². The van der Waals surface area contributed by atoms with Crippen LogP contribution in [0.1, 0.15) is 21.6 Å². The molecular weight excluding hydrogens is 439 g/mol. The average Bonchev–Trinajstić information content (AvgIpc) is 3.04. The molecular formula is C23H21FN8O2. The number of pyridine rings is 2. The molecule has 1 aliphatic heterocycles. The summed E-state index contributed by atoms with van der Waals surface area (Å²) < 4.78 is 16.5. The number of anilines is 3. The predicted octanol–water partition coefficient (Wildman–Crippen LogP) is 2.04. The van der Waals surface area contributed by atoms with Crippen LogP contribution in [0.2, 0.25) is 0 Å². The van der Waals surface area contributed by atoms with Crippen molar-refractivity contribution in [2.45, 2.75) is 19.9 Å². The summed E-state index contributed by atoms with van der Waals surface area (Å²) in [6.45, 7) is 2.40. The van der Waals surface area contributed by atoms with Gasteiger partial charge in [0.1, 0.15) is 24.0 Å². The van der Waals surface area contributed by atoms with Gasteiger partial charge in [0.2, 0.25) is 11.8 Å². The van der Waals surface area contributed by atoms with Crippen LogP contribution in [-0.2, 0) is 17.8 Å². The normalized spacial score (nSPS) is 13.3. The lowest BCUT2D eigenvalue weighted by atomic mass is 9.99. The minimum absolute atomic E-state index is 0.0825. The summed E-state index contributed by atoms with van der Waals surface area (Å²) in [5, 5.41) is 11.7. The van der Waals surface area contributed by atoms with Gasteiger partial charge in [-0.05, 0) is 42.1 Å². The Balaban J connectivity index is 1.51. The van der Waals surface area contributed by atoms with Crippen molar-refractivity contribution in [2.24, 2.45) is 5.73 Å². The Morgan fingerprint density at radius 2 is 2.03 bits per heavy atom. The molecule has 1 aromatic carbocycles. The molecule has 0 spiro atoms. The monoisotopic (exact) mass is 460 g/mol. The summed E-state index contributed by atoms with van der Waals surface area (Å²) in [6.07, 6.45) is 2.26. The number of carbonyl (C=O) groups excluding carboxylic acids is 2. The Labute approximate surface area is 193 Å². The minimum Gasteiger partial charge on any atom is -0.383 e. The fourth-order valence-corrected chi connectivity index (χ4v) is 4.09. The van der Waals surface area contributed by atoms with E-state index in [9.17, 15) is 14.0 Å². The van der Waals surface area contributed by atoms with Gasteiger partial charge in [0, 0.05) is 47.4 Å². The number of halogens is 1. The molecule has 10 nitrogen and oxygen atoms in total. The molecule has 0 fully saturated rings. The van der Waals surface area contributed by atoms with E-state index in [4.69, 9.17) is 11.5 Å². The van der Waals surface area contributed by atoms with E-state index in [2.05, 4.69) is 25.7 Å². The fourth-order valence-electron chi connectivity index (χ4n) is 4.09. The number of hydrogen-bond acceptors (Lipinski definition) is 7. The first-order chi connectivity index (χ1) is 16.3. The van der Waals surface area contributed by atoms with Crippen LogP contribution in [0.3, 0.4) is 0 Å². The highest BCUT2D eigenvalue weighted by molar-refractivity contribution is 5.96. The second-order valence-corrected chi connectivity index (χ2v) is 8.10. The quantitative estimate of drug-likeness (QED) is 0.363. The summed E-state index contributed by atoms with van der Waals surface area (Å²) in [4.78, 5) is 32.0. The van der Waals surface area contributed by atoms with Gasteiger partial charge in [-0.1, -0.05) is 0 Å². The van der Waals surface area contributed by atoms with E-state index in [0.717, 1.165) is 11.8 Å². The summed E-state index contributed by atoms with van der Waals surface area (Å²) in [7, 11) is 0. The first-order valence-electron chi connectivity index (χ1n) is 10.6. The van der Waals surface area contributed by atoms with Gasteiger partial charge >= 0.3 is 0 Å². The molecule has 3 aromatic heterocycles. The standard InChI is InChI=1S/C23H21FN8O2/c1-11-4-13(23(26)34)5-16(24)21(11)17-6-12-7-18(28-9-15(12)22(25)29-17)30-19-8-14-2-3-27-20(33)10-32(14)31-19/h4-9H,2-3,10H2,1H3,(H2,25,29)(H2,26,34)(H,27,33)(H,28,30,31). The molecule has 34 heavy (non-hydrogen) atoms. The van der Waals surface area contributed by atoms with Crippen molar-refractivity contribution in [3.63, 3.8) is 0 Å². The lowest BCUT2D eigenvalue weighted by Crippen LogP contribution is -2.25. The van der Waals surface area contributed by atoms with E-state index >= 15 is 0 Å². The number of fused-ring (bicyclic) bond motifs is 2. The van der Waals surface area contributed by atoms with Crippen LogP contribution in [0.4, 0.5) is 21.8 Å². The third-order valence-corrected chi connectivity index (χ3v) is 5.69. The van der Waals surface area contributed by atoms with Crippen molar-refractivity contribution in [3.05, 3.63) is 59.2 Å². The van der Waals surface area contributed by atoms with E-state index in [1.54, 1.807) is 29.9 Å². The maximum absolute atomic E-state index is 14.9. The third kappa shape index (κ3) is 3.87. The number of primary amides is 1. The number of rotatable bonds is 4. The van der Waals surface area contributed by atoms with Crippen molar-refractivity contribution in [1.82, 2.24) is 25.1 Å². The number of hydrogen-bond donors (Lipinski definition) is 4. The molecule has 1 aliphatic rings. The summed E-state index contributed by atoms with van der Waals surface area (Å²) in [6, 6.07) is 7.96. The zero-order valence-corrected chi connectivity index (χ0v) is 18.2. The molecule has 172 valence electrons. The van der Waals surface area contributed by atoms with Gasteiger partial charge in [0.15, 0.2) is 5.82 Å². The average molecular weight is 460 g/mol. The van der Waals surface area contributed by atoms with Crippen LogP contribution in [0.15, 0.2) is 36.5 Å². The Hall–Kier alpha value is -4.54. The number of benzene rings is 1. The van der Waals surface area contributed by atoms with Gasteiger partial charge in [-0.25, -0.2) is 14.4 Å². The number of amides is 2. The van der Waals surface area contributed by atoms with Gasteiger partial charge in [0.05, 0.1) is 5.69 Å². The lowest BCUT2D eigenvalue weighted by molar-refractivity contribution is -0.121. The third-order valence-electron chi connectivity index (χ3n) is 5.69. The number of nitrogens with zero attached hydrogens (tertiary/aromatic N) is 4. The van der Waals surface area contributed by atoms with Gasteiger partial charge in [-0.2, -0.15) is 5.10 Å². The molecule has 0 saturated heterocycles. The van der Waals surface area contributed by atoms with E-state index in [1.807, 2.05) is 6.07 Å². The van der Waals surface area contributed by atoms with Crippen molar-refractivity contribution >= 4 is 40.0 Å². The zero-order chi connectivity index (χ0) is 24.0. The molecule has 0 aliphatic carbocycles. The Morgan fingerprint density at radius 1 is 1.21 bits per heavy atom. The topological polar surface area (TPSA) is 154 Å². The van der Waals surface area contributed by atoms with Crippen LogP contribution < -0.4 is 22.1 Å². The number of aryl methyl sites for hydroxylation is 1. The molecule has 6 N–H and O–H groups in total. The molecule has 0 saturated carbocycles. The highest BCUT2D eigenvalue weighted by Crippen LogP contribution is 2.32.